The molecule has 2 N–H and O–H groups in total. The van der Waals surface area contributed by atoms with Gasteiger partial charge in [0.15, 0.2) is 0 Å². The molecule has 0 aliphatic heterocycles. The van der Waals surface area contributed by atoms with E-state index in [1.54, 1.807) is 11.3 Å². The highest BCUT2D eigenvalue weighted by atomic mass is 32.1. The summed E-state index contributed by atoms with van der Waals surface area (Å²) in [5, 5.41) is 14.0. The van der Waals surface area contributed by atoms with Crippen LogP contribution >= 0.6 is 11.3 Å². The molecule has 1 fully saturated rings. The Morgan fingerprint density at radius 2 is 2.17 bits per heavy atom. The molecular weight excluding hydrogens is 246 g/mol. The zero-order valence-electron chi connectivity index (χ0n) is 10.6. The van der Waals surface area contributed by atoms with Crippen LogP contribution in [0.4, 0.5) is 0 Å². The van der Waals surface area contributed by atoms with Crippen molar-refractivity contribution in [2.24, 2.45) is 5.92 Å². The van der Waals surface area contributed by atoms with Crippen LogP contribution in [0.3, 0.4) is 0 Å². The van der Waals surface area contributed by atoms with Crippen LogP contribution in [0.2, 0.25) is 0 Å². The van der Waals surface area contributed by atoms with Gasteiger partial charge in [-0.3, -0.25) is 4.79 Å². The maximum absolute atomic E-state index is 11.8. The summed E-state index contributed by atoms with van der Waals surface area (Å²) in [5.41, 5.74) is 0. The summed E-state index contributed by atoms with van der Waals surface area (Å²) in [4.78, 5) is 13.0. The number of carbonyl (C=O) groups is 1. The van der Waals surface area contributed by atoms with Crippen LogP contribution in [0.25, 0.3) is 0 Å². The average Bonchev–Trinajstić information content (AvgIpc) is 2.84. The number of aliphatic hydroxyl groups excluding tert-OH is 1. The summed E-state index contributed by atoms with van der Waals surface area (Å²) in [6.07, 6.45) is 5.79. The smallest absolute Gasteiger partial charge is 0.225 e. The van der Waals surface area contributed by atoms with Crippen molar-refractivity contribution in [2.45, 2.75) is 44.6 Å². The maximum atomic E-state index is 11.8. The zero-order valence-corrected chi connectivity index (χ0v) is 11.4. The molecule has 100 valence electrons. The van der Waals surface area contributed by atoms with E-state index in [9.17, 15) is 4.79 Å². The molecule has 1 aromatic heterocycles. The van der Waals surface area contributed by atoms with Crippen molar-refractivity contribution in [1.82, 2.24) is 5.32 Å². The molecule has 1 heterocycles. The third-order valence-corrected chi connectivity index (χ3v) is 4.54. The van der Waals surface area contributed by atoms with E-state index in [4.69, 9.17) is 5.11 Å². The van der Waals surface area contributed by atoms with Crippen molar-refractivity contribution in [3.8, 4) is 0 Å². The van der Waals surface area contributed by atoms with Gasteiger partial charge >= 0.3 is 0 Å². The minimum atomic E-state index is 0.142. The molecule has 1 aliphatic carbocycles. The molecule has 1 saturated carbocycles. The molecule has 0 aromatic carbocycles. The van der Waals surface area contributed by atoms with Gasteiger partial charge in [0.05, 0.1) is 6.42 Å². The maximum Gasteiger partial charge on any atom is 0.225 e. The number of aliphatic hydroxyl groups is 1. The van der Waals surface area contributed by atoms with Gasteiger partial charge < -0.3 is 10.4 Å². The number of hydrogen-bond acceptors (Lipinski definition) is 3. The summed E-state index contributed by atoms with van der Waals surface area (Å²) >= 11 is 1.63. The van der Waals surface area contributed by atoms with Gasteiger partial charge in [-0.1, -0.05) is 6.07 Å². The molecule has 3 nitrogen and oxygen atoms in total. The van der Waals surface area contributed by atoms with E-state index >= 15 is 0 Å². The largest absolute Gasteiger partial charge is 0.396 e. The minimum Gasteiger partial charge on any atom is -0.396 e. The summed E-state index contributed by atoms with van der Waals surface area (Å²) in [5.74, 6) is 0.795. The van der Waals surface area contributed by atoms with Gasteiger partial charge in [0, 0.05) is 17.5 Å². The molecule has 4 heteroatoms. The van der Waals surface area contributed by atoms with Gasteiger partial charge in [-0.25, -0.2) is 0 Å². The van der Waals surface area contributed by atoms with E-state index in [1.165, 1.54) is 0 Å². The highest BCUT2D eigenvalue weighted by Crippen LogP contribution is 2.26. The summed E-state index contributed by atoms with van der Waals surface area (Å²) < 4.78 is 0. The van der Waals surface area contributed by atoms with E-state index in [0.717, 1.165) is 37.0 Å². The second-order valence-electron chi connectivity index (χ2n) is 5.05. The van der Waals surface area contributed by atoms with E-state index in [-0.39, 0.29) is 5.91 Å². The predicted octanol–water partition coefficient (Wildman–Crippen LogP) is 2.35. The molecule has 1 amide bonds. The molecule has 0 saturated heterocycles. The lowest BCUT2D eigenvalue weighted by Gasteiger charge is -2.28. The lowest BCUT2D eigenvalue weighted by Crippen LogP contribution is -2.38. The molecule has 0 atom stereocenters. The first-order valence-electron chi connectivity index (χ1n) is 6.70. The van der Waals surface area contributed by atoms with E-state index in [1.807, 2.05) is 17.5 Å². The first-order chi connectivity index (χ1) is 8.78. The van der Waals surface area contributed by atoms with Gasteiger partial charge in [0.25, 0.3) is 0 Å². The van der Waals surface area contributed by atoms with Crippen molar-refractivity contribution in [3.05, 3.63) is 22.4 Å². The number of nitrogens with one attached hydrogen (secondary N) is 1. The Morgan fingerprint density at radius 3 is 2.78 bits per heavy atom. The Labute approximate surface area is 112 Å². The van der Waals surface area contributed by atoms with E-state index in [0.29, 0.717) is 25.0 Å². The summed E-state index contributed by atoms with van der Waals surface area (Å²) in [7, 11) is 0. The number of thiophene rings is 1. The molecule has 0 spiro atoms. The van der Waals surface area contributed by atoms with Crippen LogP contribution in [-0.2, 0) is 11.2 Å². The molecule has 2 rings (SSSR count). The van der Waals surface area contributed by atoms with Crippen LogP contribution < -0.4 is 5.32 Å². The highest BCUT2D eigenvalue weighted by molar-refractivity contribution is 7.10. The van der Waals surface area contributed by atoms with Crippen molar-refractivity contribution < 1.29 is 9.90 Å². The van der Waals surface area contributed by atoms with Crippen molar-refractivity contribution in [1.29, 1.82) is 0 Å². The van der Waals surface area contributed by atoms with Crippen LogP contribution in [0.15, 0.2) is 17.5 Å². The topological polar surface area (TPSA) is 49.3 Å². The van der Waals surface area contributed by atoms with Crippen LogP contribution in [0, 0.1) is 5.92 Å². The average molecular weight is 267 g/mol. The van der Waals surface area contributed by atoms with Gasteiger partial charge in [0.1, 0.15) is 0 Å². The highest BCUT2D eigenvalue weighted by Gasteiger charge is 2.21. The number of hydrogen-bond donors (Lipinski definition) is 2. The van der Waals surface area contributed by atoms with Gasteiger partial charge in [-0.2, -0.15) is 0 Å². The van der Waals surface area contributed by atoms with Gasteiger partial charge in [-0.05, 0) is 49.5 Å². The standard InChI is InChI=1S/C14H21NO2S/c16-8-7-11-3-5-12(6-4-11)15-14(17)10-13-2-1-9-18-13/h1-2,9,11-12,16H,3-8,10H2,(H,15,17). The summed E-state index contributed by atoms with van der Waals surface area (Å²) in [6.45, 7) is 0.292. The molecular formula is C14H21NO2S. The Balaban J connectivity index is 1.69. The van der Waals surface area contributed by atoms with Crippen molar-refractivity contribution in [2.75, 3.05) is 6.61 Å². The zero-order chi connectivity index (χ0) is 12.8. The fourth-order valence-corrected chi connectivity index (χ4v) is 3.33. The minimum absolute atomic E-state index is 0.142. The van der Waals surface area contributed by atoms with Gasteiger partial charge in [-0.15, -0.1) is 11.3 Å². The third kappa shape index (κ3) is 4.10. The molecule has 1 aromatic rings. The van der Waals surface area contributed by atoms with E-state index < -0.39 is 0 Å². The monoisotopic (exact) mass is 267 g/mol. The SMILES string of the molecule is O=C(Cc1cccs1)NC1CCC(CCO)CC1. The Hall–Kier alpha value is -0.870. The first kappa shape index (κ1) is 13.6. The number of amides is 1. The fourth-order valence-electron chi connectivity index (χ4n) is 2.63. The van der Waals surface area contributed by atoms with E-state index in [2.05, 4.69) is 5.32 Å². The van der Waals surface area contributed by atoms with Crippen molar-refractivity contribution in [3.63, 3.8) is 0 Å². The second-order valence-corrected chi connectivity index (χ2v) is 6.09. The Kier molecular flexibility index (Phi) is 5.20. The molecule has 0 unspecified atom stereocenters. The van der Waals surface area contributed by atoms with Crippen LogP contribution in [0.1, 0.15) is 37.0 Å². The third-order valence-electron chi connectivity index (χ3n) is 3.66. The quantitative estimate of drug-likeness (QED) is 0.860. The van der Waals surface area contributed by atoms with Crippen LogP contribution in [0.5, 0.6) is 0 Å². The Morgan fingerprint density at radius 1 is 1.39 bits per heavy atom. The number of carbonyl (C=O) groups excluding carboxylic acids is 1. The molecule has 0 radical (unpaired) electrons. The van der Waals surface area contributed by atoms with Crippen LogP contribution in [-0.4, -0.2) is 23.7 Å². The summed E-state index contributed by atoms with van der Waals surface area (Å²) in [6, 6.07) is 4.32. The van der Waals surface area contributed by atoms with Crippen molar-refractivity contribution >= 4 is 17.2 Å². The predicted molar refractivity (Wildman–Crippen MR) is 73.6 cm³/mol. The first-order valence-corrected chi connectivity index (χ1v) is 7.58. The second kappa shape index (κ2) is 6.90. The fraction of sp³-hybridized carbons (Fsp3) is 0.643. The molecule has 0 bridgehead atoms. The normalized spacial score (nSPS) is 23.8. The molecule has 18 heavy (non-hydrogen) atoms. The molecule has 1 aliphatic rings. The lowest BCUT2D eigenvalue weighted by atomic mass is 9.84. The lowest BCUT2D eigenvalue weighted by molar-refractivity contribution is -0.121. The van der Waals surface area contributed by atoms with Gasteiger partial charge in [0.2, 0.25) is 5.91 Å². The number of rotatable bonds is 5. The Bertz CT molecular complexity index is 356.